The lowest BCUT2D eigenvalue weighted by atomic mass is 9.99. The first-order valence-electron chi connectivity index (χ1n) is 10.2. The predicted octanol–water partition coefficient (Wildman–Crippen LogP) is 2.03. The van der Waals surface area contributed by atoms with Gasteiger partial charge in [-0.1, -0.05) is 0 Å². The Labute approximate surface area is 196 Å². The van der Waals surface area contributed by atoms with Crippen molar-refractivity contribution in [3.05, 3.63) is 0 Å². The lowest BCUT2D eigenvalue weighted by molar-refractivity contribution is -0.237. The minimum Gasteiger partial charge on any atom is -0.463 e. The highest BCUT2D eigenvalue weighted by Gasteiger charge is 2.52. The lowest BCUT2D eigenvalue weighted by Crippen LogP contribution is -2.61. The molecule has 1 fully saturated rings. The minimum atomic E-state index is -3.52. The van der Waals surface area contributed by atoms with E-state index in [-0.39, 0.29) is 25.3 Å². The Kier molecular flexibility index (Phi) is 12.4. The topological polar surface area (TPSA) is 150 Å². The van der Waals surface area contributed by atoms with E-state index < -0.39 is 61.3 Å². The fourth-order valence-electron chi connectivity index (χ4n) is 2.99. The summed E-state index contributed by atoms with van der Waals surface area (Å²) in [6, 6.07) is 0. The largest absolute Gasteiger partial charge is 0.463 e. The molecule has 0 aromatic heterocycles. The van der Waals surface area contributed by atoms with Gasteiger partial charge in [0, 0.05) is 27.7 Å². The molecule has 1 heterocycles. The molecular formula is C19H31O12PS. The Morgan fingerprint density at radius 3 is 1.73 bits per heavy atom. The Morgan fingerprint density at radius 2 is 1.27 bits per heavy atom. The molecule has 1 aliphatic rings. The maximum atomic E-state index is 12.9. The van der Waals surface area contributed by atoms with Crippen LogP contribution in [0.25, 0.3) is 0 Å². The van der Waals surface area contributed by atoms with E-state index in [0.717, 1.165) is 32.5 Å². The van der Waals surface area contributed by atoms with Crippen LogP contribution in [0.2, 0.25) is 0 Å². The molecule has 0 aromatic rings. The van der Waals surface area contributed by atoms with Crippen molar-refractivity contribution in [2.75, 3.05) is 25.3 Å². The quantitative estimate of drug-likeness (QED) is 0.212. The number of rotatable bonds is 12. The van der Waals surface area contributed by atoms with Crippen molar-refractivity contribution < 1.29 is 56.5 Å². The van der Waals surface area contributed by atoms with E-state index in [1.54, 1.807) is 13.8 Å². The molecule has 1 aliphatic heterocycles. The third-order valence-corrected chi connectivity index (χ3v) is 7.87. The first-order valence-corrected chi connectivity index (χ1v) is 13.0. The van der Waals surface area contributed by atoms with Crippen molar-refractivity contribution in [3.8, 4) is 0 Å². The van der Waals surface area contributed by atoms with Crippen LogP contribution in [0.15, 0.2) is 0 Å². The van der Waals surface area contributed by atoms with Crippen molar-refractivity contribution >= 4 is 43.2 Å². The van der Waals surface area contributed by atoms with E-state index in [0.29, 0.717) is 0 Å². The van der Waals surface area contributed by atoms with Crippen molar-refractivity contribution in [1.82, 2.24) is 0 Å². The first-order chi connectivity index (χ1) is 15.4. The summed E-state index contributed by atoms with van der Waals surface area (Å²) in [5.41, 5.74) is -1.23. The van der Waals surface area contributed by atoms with Crippen LogP contribution < -0.4 is 0 Å². The van der Waals surface area contributed by atoms with Gasteiger partial charge in [0.05, 0.1) is 18.7 Å². The normalized spacial score (nSPS) is 25.1. The smallest absolute Gasteiger partial charge is 0.340 e. The van der Waals surface area contributed by atoms with Crippen LogP contribution in [0.3, 0.4) is 0 Å². The van der Waals surface area contributed by atoms with Crippen LogP contribution in [-0.2, 0) is 56.5 Å². The highest BCUT2D eigenvalue weighted by Crippen LogP contribution is 2.52. The van der Waals surface area contributed by atoms with Gasteiger partial charge in [0.25, 0.3) is 0 Å². The van der Waals surface area contributed by atoms with E-state index in [2.05, 4.69) is 0 Å². The number of hydrogen-bond donors (Lipinski definition) is 0. The molecule has 0 amide bonds. The van der Waals surface area contributed by atoms with Gasteiger partial charge in [0.2, 0.25) is 0 Å². The summed E-state index contributed by atoms with van der Waals surface area (Å²) in [5, 5.41) is 0. The summed E-state index contributed by atoms with van der Waals surface area (Å²) in [4.78, 5) is 46.7. The molecule has 5 atom stereocenters. The molecule has 33 heavy (non-hydrogen) atoms. The number of thioether (sulfide) groups is 1. The Balaban J connectivity index is 3.32. The highest BCUT2D eigenvalue weighted by molar-refractivity contribution is 8.05. The van der Waals surface area contributed by atoms with E-state index in [1.807, 2.05) is 0 Å². The van der Waals surface area contributed by atoms with Crippen LogP contribution in [0.1, 0.15) is 41.5 Å². The van der Waals surface area contributed by atoms with Gasteiger partial charge < -0.3 is 32.7 Å². The molecule has 0 saturated carbocycles. The van der Waals surface area contributed by atoms with Gasteiger partial charge in [-0.05, 0) is 13.8 Å². The summed E-state index contributed by atoms with van der Waals surface area (Å²) in [5.74, 6) is -2.80. The fourth-order valence-corrected chi connectivity index (χ4v) is 6.39. The maximum absolute atomic E-state index is 12.9. The summed E-state index contributed by atoms with van der Waals surface area (Å²) >= 11 is 0.939. The van der Waals surface area contributed by atoms with Crippen molar-refractivity contribution in [2.45, 2.75) is 71.4 Å². The molecule has 14 heteroatoms. The molecule has 1 saturated heterocycles. The van der Waals surface area contributed by atoms with E-state index in [4.69, 9.17) is 32.7 Å². The monoisotopic (exact) mass is 514 g/mol. The minimum absolute atomic E-state index is 0.135. The number of carbonyl (C=O) groups excluding carboxylic acids is 4. The average molecular weight is 514 g/mol. The molecular weight excluding hydrogens is 483 g/mol. The van der Waals surface area contributed by atoms with E-state index in [1.165, 1.54) is 6.92 Å². The third-order valence-electron chi connectivity index (χ3n) is 4.00. The summed E-state index contributed by atoms with van der Waals surface area (Å²) < 4.78 is 50.4. The van der Waals surface area contributed by atoms with Crippen molar-refractivity contribution in [2.24, 2.45) is 0 Å². The van der Waals surface area contributed by atoms with Crippen LogP contribution in [0.4, 0.5) is 0 Å². The number of hydrogen-bond acceptors (Lipinski definition) is 13. The summed E-state index contributed by atoms with van der Waals surface area (Å²) in [6.07, 6.45) is -4.87. The van der Waals surface area contributed by atoms with Gasteiger partial charge in [-0.15, -0.1) is 11.8 Å². The SMILES string of the molecule is CCOP(=O)(CS[C@@H]1O[C@H](COC(C)=O)[C@@H](OC(C)=O)[C@H](OC(C)=O)[C@H]1OC(C)=O)OCC. The van der Waals surface area contributed by atoms with E-state index in [9.17, 15) is 23.7 Å². The molecule has 0 aliphatic carbocycles. The first kappa shape index (κ1) is 29.4. The van der Waals surface area contributed by atoms with Gasteiger partial charge in [0.15, 0.2) is 18.3 Å². The number of esters is 4. The number of ether oxygens (including phenoxy) is 5. The third kappa shape index (κ3) is 10.0. The van der Waals surface area contributed by atoms with E-state index >= 15 is 0 Å². The van der Waals surface area contributed by atoms with Crippen molar-refractivity contribution in [3.63, 3.8) is 0 Å². The summed E-state index contributed by atoms with van der Waals surface area (Å²) in [6.45, 7) is 7.83. The molecule has 0 spiro atoms. The van der Waals surface area contributed by atoms with Crippen LogP contribution >= 0.6 is 19.4 Å². The zero-order valence-electron chi connectivity index (χ0n) is 19.5. The van der Waals surface area contributed by atoms with Crippen molar-refractivity contribution in [1.29, 1.82) is 0 Å². The van der Waals surface area contributed by atoms with Gasteiger partial charge in [-0.25, -0.2) is 0 Å². The zero-order valence-corrected chi connectivity index (χ0v) is 21.2. The molecule has 0 radical (unpaired) electrons. The highest BCUT2D eigenvalue weighted by atomic mass is 32.2. The maximum Gasteiger partial charge on any atom is 0.340 e. The van der Waals surface area contributed by atoms with Gasteiger partial charge in [-0.3, -0.25) is 23.7 Å². The second kappa shape index (κ2) is 13.9. The van der Waals surface area contributed by atoms with Crippen LogP contribution in [-0.4, -0.2) is 79.0 Å². The molecule has 0 aromatic carbocycles. The Hall–Kier alpha value is -1.66. The average Bonchev–Trinajstić information content (AvgIpc) is 2.68. The molecule has 190 valence electrons. The van der Waals surface area contributed by atoms with Gasteiger partial charge in [0.1, 0.15) is 18.1 Å². The predicted molar refractivity (Wildman–Crippen MR) is 115 cm³/mol. The standard InChI is InChI=1S/C19H31O12PS/c1-7-26-32(24,27-8-2)10-33-19-18(30-14(6)23)17(29-13(5)22)16(28-12(4)21)15(31-19)9-25-11(3)20/h15-19H,7-10H2,1-6H3/t15-,16-,17+,18-,19+/m1/s1. The second-order valence-corrected chi connectivity index (χ2v) is 10.4. The molecule has 0 unspecified atom stereocenters. The molecule has 0 bridgehead atoms. The van der Waals surface area contributed by atoms with Crippen LogP contribution in [0, 0.1) is 0 Å². The number of carbonyl (C=O) groups is 4. The van der Waals surface area contributed by atoms with Gasteiger partial charge >= 0.3 is 31.5 Å². The molecule has 0 N–H and O–H groups in total. The van der Waals surface area contributed by atoms with Gasteiger partial charge in [-0.2, -0.15) is 0 Å². The Bertz CT molecular complexity index is 734. The Morgan fingerprint density at radius 1 is 0.788 bits per heavy atom. The zero-order chi connectivity index (χ0) is 25.2. The van der Waals surface area contributed by atoms with Crippen LogP contribution in [0.5, 0.6) is 0 Å². The summed E-state index contributed by atoms with van der Waals surface area (Å²) in [7, 11) is -3.52. The lowest BCUT2D eigenvalue weighted by Gasteiger charge is -2.44. The molecule has 1 rings (SSSR count). The fraction of sp³-hybridized carbons (Fsp3) is 0.789. The second-order valence-electron chi connectivity index (χ2n) is 6.81. The molecule has 12 nitrogen and oxygen atoms in total.